The quantitative estimate of drug-likeness (QED) is 0.911. The number of aryl methyl sites for hydroxylation is 1. The summed E-state index contributed by atoms with van der Waals surface area (Å²) in [5.74, 6) is 0.277. The monoisotopic (exact) mass is 272 g/mol. The fourth-order valence-electron chi connectivity index (χ4n) is 3.24. The standard InChI is InChI=1S/C17H24N2O/c1-13-4-3-5-14(10-13)11-17(7-8-17)16(20)18-15-6-9-19(2)12-15/h3-5,10,15H,6-9,11-12H2,1-2H3,(H,18,20). The van der Waals surface area contributed by atoms with Gasteiger partial charge in [0.05, 0.1) is 5.41 Å². The van der Waals surface area contributed by atoms with E-state index in [2.05, 4.69) is 48.5 Å². The topological polar surface area (TPSA) is 32.3 Å². The molecular weight excluding hydrogens is 248 g/mol. The molecule has 1 aromatic carbocycles. The Kier molecular flexibility index (Phi) is 3.55. The molecule has 1 unspecified atom stereocenters. The van der Waals surface area contributed by atoms with E-state index in [9.17, 15) is 4.79 Å². The van der Waals surface area contributed by atoms with E-state index in [4.69, 9.17) is 0 Å². The normalized spacial score (nSPS) is 24.6. The highest BCUT2D eigenvalue weighted by Crippen LogP contribution is 2.48. The van der Waals surface area contributed by atoms with E-state index in [0.29, 0.717) is 6.04 Å². The summed E-state index contributed by atoms with van der Waals surface area (Å²) in [5, 5.41) is 3.27. The van der Waals surface area contributed by atoms with E-state index < -0.39 is 0 Å². The highest BCUT2D eigenvalue weighted by Gasteiger charge is 2.50. The van der Waals surface area contributed by atoms with Crippen molar-refractivity contribution in [2.75, 3.05) is 20.1 Å². The number of amides is 1. The van der Waals surface area contributed by atoms with Crippen molar-refractivity contribution in [1.29, 1.82) is 0 Å². The summed E-state index contributed by atoms with van der Waals surface area (Å²) < 4.78 is 0. The first-order valence-corrected chi connectivity index (χ1v) is 7.62. The number of carbonyl (C=O) groups is 1. The van der Waals surface area contributed by atoms with Gasteiger partial charge in [-0.15, -0.1) is 0 Å². The van der Waals surface area contributed by atoms with E-state index in [1.807, 2.05) is 0 Å². The average molecular weight is 272 g/mol. The number of rotatable bonds is 4. The molecule has 1 aliphatic heterocycles. The minimum atomic E-state index is -0.116. The molecule has 20 heavy (non-hydrogen) atoms. The number of benzene rings is 1. The van der Waals surface area contributed by atoms with Gasteiger partial charge in [-0.25, -0.2) is 0 Å². The fraction of sp³-hybridized carbons (Fsp3) is 0.588. The molecule has 1 amide bonds. The number of hydrogen-bond donors (Lipinski definition) is 1. The van der Waals surface area contributed by atoms with Crippen LogP contribution in [-0.4, -0.2) is 37.0 Å². The lowest BCUT2D eigenvalue weighted by atomic mass is 9.94. The molecule has 3 rings (SSSR count). The zero-order chi connectivity index (χ0) is 14.2. The van der Waals surface area contributed by atoms with E-state index >= 15 is 0 Å². The Morgan fingerprint density at radius 1 is 1.45 bits per heavy atom. The zero-order valence-corrected chi connectivity index (χ0v) is 12.5. The molecular formula is C17H24N2O. The predicted molar refractivity (Wildman–Crippen MR) is 80.6 cm³/mol. The minimum Gasteiger partial charge on any atom is -0.352 e. The average Bonchev–Trinajstić information content (AvgIpc) is 3.06. The Morgan fingerprint density at radius 2 is 2.25 bits per heavy atom. The second kappa shape index (κ2) is 5.21. The van der Waals surface area contributed by atoms with Crippen LogP contribution in [0.1, 0.15) is 30.4 Å². The number of carbonyl (C=O) groups excluding carboxylic acids is 1. The van der Waals surface area contributed by atoms with Crippen molar-refractivity contribution in [2.45, 2.75) is 38.6 Å². The van der Waals surface area contributed by atoms with Gasteiger partial charge in [0.15, 0.2) is 0 Å². The first-order chi connectivity index (χ1) is 9.57. The molecule has 0 radical (unpaired) electrons. The Bertz CT molecular complexity index is 507. The lowest BCUT2D eigenvalue weighted by Crippen LogP contribution is -2.41. The van der Waals surface area contributed by atoms with Gasteiger partial charge in [0.25, 0.3) is 0 Å². The predicted octanol–water partition coefficient (Wildman–Crippen LogP) is 2.14. The van der Waals surface area contributed by atoms with Crippen LogP contribution in [-0.2, 0) is 11.2 Å². The van der Waals surface area contributed by atoms with Gasteiger partial charge in [-0.05, 0) is 51.8 Å². The van der Waals surface area contributed by atoms with Crippen LogP contribution in [0, 0.1) is 12.3 Å². The van der Waals surface area contributed by atoms with E-state index in [-0.39, 0.29) is 11.3 Å². The van der Waals surface area contributed by atoms with Crippen LogP contribution < -0.4 is 5.32 Å². The van der Waals surface area contributed by atoms with Crippen molar-refractivity contribution in [1.82, 2.24) is 10.2 Å². The number of nitrogens with zero attached hydrogens (tertiary/aromatic N) is 1. The van der Waals surface area contributed by atoms with Crippen LogP contribution in [0.5, 0.6) is 0 Å². The van der Waals surface area contributed by atoms with Gasteiger partial charge < -0.3 is 10.2 Å². The third-order valence-electron chi connectivity index (χ3n) is 4.69. The molecule has 0 bridgehead atoms. The fourth-order valence-corrected chi connectivity index (χ4v) is 3.24. The third kappa shape index (κ3) is 2.88. The molecule has 108 valence electrons. The number of hydrogen-bond acceptors (Lipinski definition) is 2. The minimum absolute atomic E-state index is 0.116. The maximum absolute atomic E-state index is 12.5. The molecule has 1 N–H and O–H groups in total. The van der Waals surface area contributed by atoms with Crippen molar-refractivity contribution in [3.63, 3.8) is 0 Å². The van der Waals surface area contributed by atoms with Crippen molar-refractivity contribution in [3.8, 4) is 0 Å². The molecule has 1 aromatic rings. The Hall–Kier alpha value is -1.35. The van der Waals surface area contributed by atoms with Gasteiger partial charge in [-0.2, -0.15) is 0 Å². The first-order valence-electron chi connectivity index (χ1n) is 7.62. The van der Waals surface area contributed by atoms with Crippen molar-refractivity contribution < 1.29 is 4.79 Å². The SMILES string of the molecule is Cc1cccc(CC2(C(=O)NC3CCN(C)C3)CC2)c1. The van der Waals surface area contributed by atoms with Gasteiger partial charge in [0.1, 0.15) is 0 Å². The number of likely N-dealkylation sites (tertiary alicyclic amines) is 1. The summed E-state index contributed by atoms with van der Waals surface area (Å²) in [4.78, 5) is 14.8. The summed E-state index contributed by atoms with van der Waals surface area (Å²) in [6.45, 7) is 4.19. The second-order valence-corrected chi connectivity index (χ2v) is 6.67. The van der Waals surface area contributed by atoms with Crippen molar-refractivity contribution in [2.24, 2.45) is 5.41 Å². The van der Waals surface area contributed by atoms with Gasteiger partial charge in [-0.3, -0.25) is 4.79 Å². The summed E-state index contributed by atoms with van der Waals surface area (Å²) in [7, 11) is 2.12. The largest absolute Gasteiger partial charge is 0.352 e. The van der Waals surface area contributed by atoms with Crippen LogP contribution >= 0.6 is 0 Å². The number of nitrogens with one attached hydrogen (secondary N) is 1. The van der Waals surface area contributed by atoms with E-state index in [1.54, 1.807) is 0 Å². The third-order valence-corrected chi connectivity index (χ3v) is 4.69. The molecule has 1 heterocycles. The van der Waals surface area contributed by atoms with Crippen LogP contribution in [0.25, 0.3) is 0 Å². The van der Waals surface area contributed by atoms with E-state index in [0.717, 1.165) is 38.8 Å². The summed E-state index contributed by atoms with van der Waals surface area (Å²) in [6, 6.07) is 8.89. The maximum Gasteiger partial charge on any atom is 0.226 e. The molecule has 3 nitrogen and oxygen atoms in total. The smallest absolute Gasteiger partial charge is 0.226 e. The van der Waals surface area contributed by atoms with Gasteiger partial charge in [0.2, 0.25) is 5.91 Å². The molecule has 0 spiro atoms. The summed E-state index contributed by atoms with van der Waals surface area (Å²) in [5.41, 5.74) is 2.45. The lowest BCUT2D eigenvalue weighted by Gasteiger charge is -2.19. The van der Waals surface area contributed by atoms with Crippen LogP contribution in [0.4, 0.5) is 0 Å². The van der Waals surface area contributed by atoms with E-state index in [1.165, 1.54) is 11.1 Å². The molecule has 1 saturated heterocycles. The van der Waals surface area contributed by atoms with Crippen molar-refractivity contribution >= 4 is 5.91 Å². The molecule has 1 atom stereocenters. The molecule has 2 aliphatic rings. The highest BCUT2D eigenvalue weighted by molar-refractivity contribution is 5.86. The van der Waals surface area contributed by atoms with Gasteiger partial charge in [-0.1, -0.05) is 29.8 Å². The Balaban J connectivity index is 1.62. The summed E-state index contributed by atoms with van der Waals surface area (Å²) in [6.07, 6.45) is 4.05. The summed E-state index contributed by atoms with van der Waals surface area (Å²) >= 11 is 0. The number of likely N-dealkylation sites (N-methyl/N-ethyl adjacent to an activating group) is 1. The molecule has 2 fully saturated rings. The maximum atomic E-state index is 12.5. The highest BCUT2D eigenvalue weighted by atomic mass is 16.2. The zero-order valence-electron chi connectivity index (χ0n) is 12.5. The second-order valence-electron chi connectivity index (χ2n) is 6.67. The molecule has 0 aromatic heterocycles. The Morgan fingerprint density at radius 3 is 2.85 bits per heavy atom. The van der Waals surface area contributed by atoms with Gasteiger partial charge >= 0.3 is 0 Å². The van der Waals surface area contributed by atoms with Crippen LogP contribution in [0.2, 0.25) is 0 Å². The van der Waals surface area contributed by atoms with Crippen molar-refractivity contribution in [3.05, 3.63) is 35.4 Å². The molecule has 3 heteroatoms. The van der Waals surface area contributed by atoms with Gasteiger partial charge in [0, 0.05) is 12.6 Å². The van der Waals surface area contributed by atoms with Crippen LogP contribution in [0.15, 0.2) is 24.3 Å². The van der Waals surface area contributed by atoms with Crippen LogP contribution in [0.3, 0.4) is 0 Å². The molecule has 1 aliphatic carbocycles. The lowest BCUT2D eigenvalue weighted by molar-refractivity contribution is -0.127. The first kappa shape index (κ1) is 13.6. The Labute approximate surface area is 121 Å². The molecule has 1 saturated carbocycles.